The second-order valence-corrected chi connectivity index (χ2v) is 16.6. The van der Waals surface area contributed by atoms with Crippen LogP contribution in [0.3, 0.4) is 0 Å². The molecule has 1 aromatic carbocycles. The van der Waals surface area contributed by atoms with Crippen molar-refractivity contribution < 1.29 is 37.1 Å². The Hall–Kier alpha value is -4.54. The maximum atomic E-state index is 14.4. The number of methoxy groups -OCH3 is 1. The molecule has 3 aliphatic rings. The third kappa shape index (κ3) is 7.92. The largest absolute Gasteiger partial charge is 0.497 e. The molecule has 3 fully saturated rings. The van der Waals surface area contributed by atoms with Gasteiger partial charge in [-0.3, -0.25) is 19.1 Å². The van der Waals surface area contributed by atoms with E-state index < -0.39 is 74.1 Å². The fourth-order valence-electron chi connectivity index (χ4n) is 5.94. The number of rotatable bonds is 13. The molecule has 5 atom stereocenters. The summed E-state index contributed by atoms with van der Waals surface area (Å²) in [4.78, 5) is 57.4. The van der Waals surface area contributed by atoms with Gasteiger partial charge in [-0.15, -0.1) is 16.8 Å². The lowest BCUT2D eigenvalue weighted by atomic mass is 9.85. The number of amides is 4. The fraction of sp³-hybridized carbons (Fsp3) is 0.606. The Morgan fingerprint density at radius 3 is 2.38 bits per heavy atom. The number of nitrogens with one attached hydrogen (secondary N) is 3. The second-order valence-electron chi connectivity index (χ2n) is 14.7. The van der Waals surface area contributed by atoms with Crippen LogP contribution >= 0.6 is 0 Å². The minimum Gasteiger partial charge on any atom is -0.497 e. The van der Waals surface area contributed by atoms with Crippen molar-refractivity contribution in [2.45, 2.75) is 89.2 Å². The van der Waals surface area contributed by atoms with E-state index >= 15 is 0 Å². The van der Waals surface area contributed by atoms with Gasteiger partial charge in [-0.1, -0.05) is 40.7 Å². The Morgan fingerprint density at radius 2 is 1.82 bits per heavy atom. The van der Waals surface area contributed by atoms with Gasteiger partial charge in [-0.05, 0) is 60.1 Å². The van der Waals surface area contributed by atoms with E-state index in [1.54, 1.807) is 52.1 Å². The van der Waals surface area contributed by atoms with Gasteiger partial charge in [0, 0.05) is 24.4 Å². The van der Waals surface area contributed by atoms with Crippen molar-refractivity contribution >= 4 is 33.8 Å². The highest BCUT2D eigenvalue weighted by Gasteiger charge is 2.62. The lowest BCUT2D eigenvalue weighted by Crippen LogP contribution is -2.60. The van der Waals surface area contributed by atoms with Gasteiger partial charge in [-0.2, -0.15) is 4.80 Å². The van der Waals surface area contributed by atoms with Crippen LogP contribution in [-0.4, -0.2) is 100 Å². The molecule has 0 spiro atoms. The van der Waals surface area contributed by atoms with Crippen LogP contribution < -0.4 is 20.1 Å². The Labute approximate surface area is 291 Å². The van der Waals surface area contributed by atoms with Crippen molar-refractivity contribution in [3.05, 3.63) is 36.9 Å². The quantitative estimate of drug-likeness (QED) is 0.256. The predicted octanol–water partition coefficient (Wildman–Crippen LogP) is 1.96. The first-order valence-electron chi connectivity index (χ1n) is 16.7. The highest BCUT2D eigenvalue weighted by molar-refractivity contribution is 7.91. The number of aromatic nitrogens is 4. The first-order chi connectivity index (χ1) is 23.5. The summed E-state index contributed by atoms with van der Waals surface area (Å²) in [6.45, 7) is 13.0. The lowest BCUT2D eigenvalue weighted by molar-refractivity contribution is -0.142. The van der Waals surface area contributed by atoms with E-state index in [4.69, 9.17) is 9.47 Å². The first kappa shape index (κ1) is 36.7. The van der Waals surface area contributed by atoms with Crippen molar-refractivity contribution in [2.75, 3.05) is 20.3 Å². The van der Waals surface area contributed by atoms with E-state index in [1.807, 2.05) is 13.8 Å². The highest BCUT2D eigenvalue weighted by atomic mass is 32.2. The minimum atomic E-state index is -3.89. The summed E-state index contributed by atoms with van der Waals surface area (Å²) < 4.78 is 37.9. The molecule has 0 radical (unpaired) electrons. The molecule has 272 valence electrons. The molecule has 3 N–H and O–H groups in total. The third-order valence-corrected chi connectivity index (χ3v) is 11.0. The van der Waals surface area contributed by atoms with E-state index in [1.165, 1.54) is 15.8 Å². The summed E-state index contributed by atoms with van der Waals surface area (Å²) in [6, 6.07) is 4.21. The van der Waals surface area contributed by atoms with Crippen molar-refractivity contribution in [2.24, 2.45) is 17.3 Å². The summed E-state index contributed by atoms with van der Waals surface area (Å²) in [5.74, 6) is -1.55. The van der Waals surface area contributed by atoms with Gasteiger partial charge < -0.3 is 25.0 Å². The number of carbonyl (C=O) groups excluding carboxylic acids is 4. The zero-order valence-corrected chi connectivity index (χ0v) is 30.0. The zero-order chi connectivity index (χ0) is 36.6. The lowest BCUT2D eigenvalue weighted by Gasteiger charge is -2.35. The number of hydrogen-bond donors (Lipinski definition) is 3. The van der Waals surface area contributed by atoms with Gasteiger partial charge in [0.1, 0.15) is 23.4 Å². The van der Waals surface area contributed by atoms with Gasteiger partial charge in [0.05, 0.1) is 25.0 Å². The molecule has 0 unspecified atom stereocenters. The van der Waals surface area contributed by atoms with Crippen LogP contribution in [0.15, 0.2) is 36.9 Å². The third-order valence-electron chi connectivity index (χ3n) is 9.14. The number of alkyl carbamates (subject to hydrolysis) is 1. The minimum absolute atomic E-state index is 0.0230. The average molecular weight is 715 g/mol. The fourth-order valence-corrected chi connectivity index (χ4v) is 7.31. The summed E-state index contributed by atoms with van der Waals surface area (Å²) in [6.07, 6.45) is 1.82. The molecule has 1 aromatic heterocycles. The molecular formula is C33H46N8O8S. The Bertz CT molecular complexity index is 1730. The number of nitrogens with zero attached hydrogens (tertiary/aromatic N) is 5. The van der Waals surface area contributed by atoms with E-state index in [0.717, 1.165) is 0 Å². The van der Waals surface area contributed by atoms with Gasteiger partial charge in [0.15, 0.2) is 0 Å². The number of benzene rings is 1. The van der Waals surface area contributed by atoms with Crippen LogP contribution in [-0.2, 0) is 29.1 Å². The number of sulfonamides is 1. The maximum Gasteiger partial charge on any atom is 0.407 e. The normalized spacial score (nSPS) is 23.9. The average Bonchev–Trinajstić information content (AvgIpc) is 3.94. The van der Waals surface area contributed by atoms with Gasteiger partial charge in [-0.25, -0.2) is 13.2 Å². The number of tetrazole rings is 1. The monoisotopic (exact) mass is 714 g/mol. The van der Waals surface area contributed by atoms with Crippen molar-refractivity contribution in [1.29, 1.82) is 0 Å². The van der Waals surface area contributed by atoms with Gasteiger partial charge in [0.25, 0.3) is 5.91 Å². The molecule has 50 heavy (non-hydrogen) atoms. The van der Waals surface area contributed by atoms with Crippen LogP contribution in [0.5, 0.6) is 5.75 Å². The predicted molar refractivity (Wildman–Crippen MR) is 181 cm³/mol. The maximum absolute atomic E-state index is 14.4. The molecule has 17 heteroatoms. The van der Waals surface area contributed by atoms with Gasteiger partial charge >= 0.3 is 6.09 Å². The first-order valence-corrected chi connectivity index (χ1v) is 18.2. The van der Waals surface area contributed by atoms with E-state index in [0.29, 0.717) is 30.0 Å². The molecule has 1 aliphatic heterocycles. The number of likely N-dealkylation sites (tertiary alicyclic amines) is 1. The smallest absolute Gasteiger partial charge is 0.407 e. The number of ether oxygens (including phenoxy) is 2. The summed E-state index contributed by atoms with van der Waals surface area (Å²) >= 11 is 0. The summed E-state index contributed by atoms with van der Waals surface area (Å²) in [7, 11) is -2.34. The van der Waals surface area contributed by atoms with Crippen LogP contribution in [0.2, 0.25) is 0 Å². The molecule has 2 aromatic rings. The van der Waals surface area contributed by atoms with Gasteiger partial charge in [0.2, 0.25) is 27.7 Å². The molecule has 4 amide bonds. The summed E-state index contributed by atoms with van der Waals surface area (Å²) in [5.41, 5.74) is -1.68. The van der Waals surface area contributed by atoms with Crippen LogP contribution in [0.1, 0.15) is 66.3 Å². The van der Waals surface area contributed by atoms with E-state index in [-0.39, 0.29) is 31.9 Å². The number of carbonyl (C=O) groups is 4. The zero-order valence-electron chi connectivity index (χ0n) is 29.2. The Morgan fingerprint density at radius 1 is 1.14 bits per heavy atom. The van der Waals surface area contributed by atoms with Crippen LogP contribution in [0.25, 0.3) is 11.4 Å². The van der Waals surface area contributed by atoms with E-state index in [9.17, 15) is 27.6 Å². The van der Waals surface area contributed by atoms with Crippen LogP contribution in [0.4, 0.5) is 4.79 Å². The molecular weight excluding hydrogens is 668 g/mol. The highest BCUT2D eigenvalue weighted by Crippen LogP contribution is 2.45. The molecule has 1 saturated heterocycles. The Kier molecular flexibility index (Phi) is 10.3. The van der Waals surface area contributed by atoms with Crippen molar-refractivity contribution in [3.63, 3.8) is 0 Å². The molecule has 16 nitrogen and oxygen atoms in total. The van der Waals surface area contributed by atoms with E-state index in [2.05, 4.69) is 37.3 Å². The molecule has 2 saturated carbocycles. The van der Waals surface area contributed by atoms with Crippen LogP contribution in [0, 0.1) is 17.3 Å². The molecule has 5 rings (SSSR count). The molecule has 2 heterocycles. The molecule has 0 bridgehead atoms. The Balaban J connectivity index is 1.42. The molecule has 2 aliphatic carbocycles. The topological polar surface area (TPSA) is 204 Å². The van der Waals surface area contributed by atoms with Crippen molar-refractivity contribution in [3.8, 4) is 17.1 Å². The van der Waals surface area contributed by atoms with Crippen molar-refractivity contribution in [1.82, 2.24) is 40.5 Å². The standard InChI is InChI=1S/C33H46N8O8S/c1-8-21-16-33(21,30(44)38-50(46,47)24-13-14-24)35-28(42)25-15-22(41-37-27(36-39-41)20-9-11-23(48-7)12-10-20)17-40(25)29(43)26(32(4,5)6)34-31(45)49-18-19(2)3/h8-12,19,21-22,24-26H,1,13-18H2,2-7H3,(H,34,45)(H,35,42)(H,38,44)/t21-,22-,25+,26-,33-/m1/s1. The number of hydrogen-bond acceptors (Lipinski definition) is 11. The second kappa shape index (κ2) is 14.0. The summed E-state index contributed by atoms with van der Waals surface area (Å²) in [5, 5.41) is 17.8. The SMILES string of the molecule is C=C[C@@H]1C[C@]1(NC(=O)[C@@H]1C[C@@H](n2nnc(-c3ccc(OC)cc3)n2)CN1C(=O)[C@@H](NC(=O)OCC(C)C)C(C)(C)C)C(=O)NS(=O)(=O)C1CC1.